The van der Waals surface area contributed by atoms with E-state index in [1.165, 1.54) is 29.7 Å². The van der Waals surface area contributed by atoms with Gasteiger partial charge in [-0.05, 0) is 51.0 Å². The van der Waals surface area contributed by atoms with E-state index in [4.69, 9.17) is 4.99 Å². The molecule has 0 saturated heterocycles. The van der Waals surface area contributed by atoms with Crippen molar-refractivity contribution in [1.29, 1.82) is 0 Å². The molecule has 0 unspecified atom stereocenters. The molecule has 0 aromatic heterocycles. The standard InChI is InChI=1S/C17H27N/c1-6-15-9-7-8-10-16(12-11-15)17(13(2)3)18-14(4)5/h9,11-13H,6-8,10H2,1-5H3/b12-11-,15-9-,17-16+. The van der Waals surface area contributed by atoms with Crippen molar-refractivity contribution in [2.75, 3.05) is 0 Å². The number of allylic oxidation sites excluding steroid dienone is 6. The Labute approximate surface area is 112 Å². The molecule has 0 fully saturated rings. The minimum atomic E-state index is 0.494. The van der Waals surface area contributed by atoms with Gasteiger partial charge in [0.1, 0.15) is 0 Å². The molecule has 0 spiro atoms. The molecular formula is C17H27N. The third kappa shape index (κ3) is 4.64. The lowest BCUT2D eigenvalue weighted by Gasteiger charge is -2.14. The van der Waals surface area contributed by atoms with Crippen molar-refractivity contribution in [3.05, 3.63) is 35.1 Å². The molecule has 0 aromatic carbocycles. The van der Waals surface area contributed by atoms with E-state index in [0.717, 1.165) is 18.6 Å². The molecule has 0 radical (unpaired) electrons. The largest absolute Gasteiger partial charge is 0.262 e. The molecule has 0 heterocycles. The van der Waals surface area contributed by atoms with Gasteiger partial charge in [-0.15, -0.1) is 0 Å². The van der Waals surface area contributed by atoms with Crippen molar-refractivity contribution in [3.63, 3.8) is 0 Å². The minimum absolute atomic E-state index is 0.494. The number of aliphatic imine (C=N–C) groups is 1. The topological polar surface area (TPSA) is 12.4 Å². The highest BCUT2D eigenvalue weighted by molar-refractivity contribution is 5.80. The number of hydrogen-bond acceptors (Lipinski definition) is 1. The maximum absolute atomic E-state index is 4.75. The van der Waals surface area contributed by atoms with Gasteiger partial charge in [0.15, 0.2) is 0 Å². The Balaban J connectivity index is 3.12. The first-order valence-corrected chi connectivity index (χ1v) is 7.16. The van der Waals surface area contributed by atoms with Crippen molar-refractivity contribution in [1.82, 2.24) is 0 Å². The quantitative estimate of drug-likeness (QED) is 0.586. The van der Waals surface area contributed by atoms with E-state index in [-0.39, 0.29) is 0 Å². The predicted molar refractivity (Wildman–Crippen MR) is 82.0 cm³/mol. The molecular weight excluding hydrogens is 218 g/mol. The van der Waals surface area contributed by atoms with Crippen LogP contribution in [0.5, 0.6) is 0 Å². The molecule has 0 N–H and O–H groups in total. The summed E-state index contributed by atoms with van der Waals surface area (Å²) < 4.78 is 0. The summed E-state index contributed by atoms with van der Waals surface area (Å²) in [7, 11) is 0. The fourth-order valence-electron chi connectivity index (χ4n) is 2.23. The molecule has 100 valence electrons. The van der Waals surface area contributed by atoms with Crippen molar-refractivity contribution in [2.45, 2.75) is 60.3 Å². The van der Waals surface area contributed by atoms with Crippen LogP contribution in [0, 0.1) is 5.92 Å². The van der Waals surface area contributed by atoms with Crippen LogP contribution in [-0.2, 0) is 0 Å². The fraction of sp³-hybridized carbons (Fsp3) is 0.588. The van der Waals surface area contributed by atoms with Gasteiger partial charge in [-0.1, -0.05) is 44.6 Å². The first-order chi connectivity index (χ1) is 8.54. The molecule has 1 rings (SSSR count). The van der Waals surface area contributed by atoms with Gasteiger partial charge < -0.3 is 0 Å². The maximum Gasteiger partial charge on any atom is 0.0460 e. The summed E-state index contributed by atoms with van der Waals surface area (Å²) in [5.74, 6) is 0.494. The molecule has 18 heavy (non-hydrogen) atoms. The predicted octanol–water partition coefficient (Wildman–Crippen LogP) is 5.45. The summed E-state index contributed by atoms with van der Waals surface area (Å²) in [5, 5.41) is 0. The molecule has 0 atom stereocenters. The second kappa shape index (κ2) is 7.35. The second-order valence-corrected chi connectivity index (χ2v) is 5.48. The van der Waals surface area contributed by atoms with E-state index in [0.29, 0.717) is 5.92 Å². The lowest BCUT2D eigenvalue weighted by atomic mass is 9.96. The van der Waals surface area contributed by atoms with Gasteiger partial charge >= 0.3 is 0 Å². The Bertz CT molecular complexity index is 388. The van der Waals surface area contributed by atoms with E-state index in [1.807, 2.05) is 0 Å². The van der Waals surface area contributed by atoms with Crippen LogP contribution >= 0.6 is 0 Å². The summed E-state index contributed by atoms with van der Waals surface area (Å²) >= 11 is 0. The van der Waals surface area contributed by atoms with Crippen LogP contribution in [0.25, 0.3) is 0 Å². The molecule has 0 aromatic rings. The smallest absolute Gasteiger partial charge is 0.0460 e. The van der Waals surface area contributed by atoms with Gasteiger partial charge in [0.2, 0.25) is 0 Å². The van der Waals surface area contributed by atoms with Gasteiger partial charge in [0.05, 0.1) is 0 Å². The van der Waals surface area contributed by atoms with E-state index in [2.05, 4.69) is 52.8 Å². The highest BCUT2D eigenvalue weighted by Gasteiger charge is 2.09. The Morgan fingerprint density at radius 3 is 2.56 bits per heavy atom. The van der Waals surface area contributed by atoms with E-state index < -0.39 is 0 Å². The van der Waals surface area contributed by atoms with Crippen LogP contribution in [0.15, 0.2) is 40.1 Å². The zero-order chi connectivity index (χ0) is 13.5. The van der Waals surface area contributed by atoms with Gasteiger partial charge in [-0.3, -0.25) is 4.99 Å². The SMILES string of the molecule is CCC1=C/CCCC(=C(\N=C(C)C)C(C)C)/C=C\1. The first-order valence-electron chi connectivity index (χ1n) is 7.16. The van der Waals surface area contributed by atoms with Gasteiger partial charge in [0.25, 0.3) is 0 Å². The average molecular weight is 245 g/mol. The summed E-state index contributed by atoms with van der Waals surface area (Å²) in [6, 6.07) is 0. The molecule has 1 heteroatoms. The third-order valence-corrected chi connectivity index (χ3v) is 3.18. The van der Waals surface area contributed by atoms with Gasteiger partial charge in [-0.2, -0.15) is 0 Å². The highest BCUT2D eigenvalue weighted by Crippen LogP contribution is 2.25. The minimum Gasteiger partial charge on any atom is -0.262 e. The van der Waals surface area contributed by atoms with Crippen LogP contribution in [-0.4, -0.2) is 5.71 Å². The lowest BCUT2D eigenvalue weighted by Crippen LogP contribution is -2.00. The Morgan fingerprint density at radius 1 is 1.28 bits per heavy atom. The van der Waals surface area contributed by atoms with Crippen LogP contribution in [0.3, 0.4) is 0 Å². The first kappa shape index (κ1) is 14.9. The summed E-state index contributed by atoms with van der Waals surface area (Å²) in [6.07, 6.45) is 11.6. The molecule has 0 aliphatic heterocycles. The Hall–Kier alpha value is -1.11. The highest BCUT2D eigenvalue weighted by atomic mass is 14.8. The normalized spacial score (nSPS) is 23.8. The number of hydrogen-bond donors (Lipinski definition) is 0. The summed E-state index contributed by atoms with van der Waals surface area (Å²) in [6.45, 7) is 10.8. The zero-order valence-corrected chi connectivity index (χ0v) is 12.6. The lowest BCUT2D eigenvalue weighted by molar-refractivity contribution is 0.725. The van der Waals surface area contributed by atoms with Crippen LogP contribution in [0.4, 0.5) is 0 Å². The molecule has 0 saturated carbocycles. The fourth-order valence-corrected chi connectivity index (χ4v) is 2.23. The number of rotatable bonds is 3. The van der Waals surface area contributed by atoms with Gasteiger partial charge in [-0.25, -0.2) is 0 Å². The van der Waals surface area contributed by atoms with E-state index >= 15 is 0 Å². The monoisotopic (exact) mass is 245 g/mol. The van der Waals surface area contributed by atoms with Crippen LogP contribution in [0.2, 0.25) is 0 Å². The molecule has 0 amide bonds. The zero-order valence-electron chi connectivity index (χ0n) is 12.6. The van der Waals surface area contributed by atoms with Crippen LogP contribution in [0.1, 0.15) is 60.3 Å². The molecule has 1 aliphatic rings. The Morgan fingerprint density at radius 2 is 2.00 bits per heavy atom. The van der Waals surface area contributed by atoms with Crippen molar-refractivity contribution < 1.29 is 0 Å². The Kier molecular flexibility index (Phi) is 6.11. The summed E-state index contributed by atoms with van der Waals surface area (Å²) in [4.78, 5) is 4.75. The van der Waals surface area contributed by atoms with E-state index in [1.54, 1.807) is 0 Å². The second-order valence-electron chi connectivity index (χ2n) is 5.48. The van der Waals surface area contributed by atoms with E-state index in [9.17, 15) is 0 Å². The van der Waals surface area contributed by atoms with Crippen molar-refractivity contribution in [3.8, 4) is 0 Å². The molecule has 1 aliphatic carbocycles. The maximum atomic E-state index is 4.75. The number of nitrogens with zero attached hydrogens (tertiary/aromatic N) is 1. The average Bonchev–Trinajstić information content (AvgIpc) is 2.26. The summed E-state index contributed by atoms with van der Waals surface area (Å²) in [5.41, 5.74) is 5.29. The van der Waals surface area contributed by atoms with Crippen molar-refractivity contribution in [2.24, 2.45) is 10.9 Å². The van der Waals surface area contributed by atoms with Gasteiger partial charge in [0, 0.05) is 11.4 Å². The molecule has 1 nitrogen and oxygen atoms in total. The van der Waals surface area contributed by atoms with Crippen LogP contribution < -0.4 is 0 Å². The molecule has 0 bridgehead atoms. The van der Waals surface area contributed by atoms with Crippen molar-refractivity contribution >= 4 is 5.71 Å². The third-order valence-electron chi connectivity index (χ3n) is 3.18.